The van der Waals surface area contributed by atoms with Crippen LogP contribution in [0.4, 0.5) is 0 Å². The van der Waals surface area contributed by atoms with Crippen LogP contribution in [0.5, 0.6) is 0 Å². The van der Waals surface area contributed by atoms with Crippen molar-refractivity contribution in [1.29, 1.82) is 0 Å². The lowest BCUT2D eigenvalue weighted by Gasteiger charge is -2.11. The average molecular weight is 261 g/mol. The van der Waals surface area contributed by atoms with Gasteiger partial charge in [0, 0.05) is 23.7 Å². The molecule has 1 aromatic carbocycles. The van der Waals surface area contributed by atoms with Gasteiger partial charge in [0.2, 0.25) is 0 Å². The van der Waals surface area contributed by atoms with Gasteiger partial charge in [-0.2, -0.15) is 5.10 Å². The first kappa shape index (κ1) is 13.2. The van der Waals surface area contributed by atoms with Crippen LogP contribution in [0.15, 0.2) is 41.6 Å². The minimum atomic E-state index is 0.0374. The quantitative estimate of drug-likeness (QED) is 0.842. The molecule has 4 heteroatoms. The van der Waals surface area contributed by atoms with Gasteiger partial charge in [-0.05, 0) is 42.9 Å². The van der Waals surface area contributed by atoms with Crippen LogP contribution in [-0.2, 0) is 13.0 Å². The smallest absolute Gasteiger partial charge is 0.0522 e. The van der Waals surface area contributed by atoms with Crippen molar-refractivity contribution in [3.05, 3.63) is 47.8 Å². The van der Waals surface area contributed by atoms with E-state index in [1.165, 1.54) is 16.0 Å². The molecular formula is C14H19N3S. The Labute approximate surface area is 112 Å². The second-order valence-electron chi connectivity index (χ2n) is 4.29. The summed E-state index contributed by atoms with van der Waals surface area (Å²) in [6.07, 6.45) is 6.88. The lowest BCUT2D eigenvalue weighted by atomic mass is 10.0. The lowest BCUT2D eigenvalue weighted by molar-refractivity contribution is 0.657. The third kappa shape index (κ3) is 3.15. The molecule has 0 radical (unpaired) electrons. The predicted octanol–water partition coefficient (Wildman–Crippen LogP) is 2.87. The van der Waals surface area contributed by atoms with E-state index < -0.39 is 0 Å². The van der Waals surface area contributed by atoms with Gasteiger partial charge in [0.05, 0.1) is 6.20 Å². The van der Waals surface area contributed by atoms with Crippen LogP contribution in [0, 0.1) is 0 Å². The number of nitrogens with zero attached hydrogens (tertiary/aromatic N) is 2. The number of benzene rings is 1. The molecule has 0 saturated heterocycles. The van der Waals surface area contributed by atoms with Crippen molar-refractivity contribution >= 4 is 11.8 Å². The second-order valence-corrected chi connectivity index (χ2v) is 5.17. The van der Waals surface area contributed by atoms with Crippen molar-refractivity contribution in [2.45, 2.75) is 30.8 Å². The van der Waals surface area contributed by atoms with E-state index in [9.17, 15) is 0 Å². The van der Waals surface area contributed by atoms with E-state index in [0.29, 0.717) is 0 Å². The summed E-state index contributed by atoms with van der Waals surface area (Å²) in [6.45, 7) is 2.98. The molecule has 0 aliphatic carbocycles. The number of aromatic nitrogens is 2. The molecule has 0 aliphatic rings. The zero-order chi connectivity index (χ0) is 13.0. The van der Waals surface area contributed by atoms with Crippen LogP contribution >= 0.6 is 11.8 Å². The molecular weight excluding hydrogens is 242 g/mol. The number of nitrogens with two attached hydrogens (primary N) is 1. The van der Waals surface area contributed by atoms with Crippen molar-refractivity contribution in [3.8, 4) is 0 Å². The Hall–Kier alpha value is -1.26. The summed E-state index contributed by atoms with van der Waals surface area (Å²) in [7, 11) is 0. The first-order chi connectivity index (χ1) is 8.72. The van der Waals surface area contributed by atoms with Crippen molar-refractivity contribution in [2.75, 3.05) is 6.26 Å². The Kier molecular flexibility index (Phi) is 4.44. The Morgan fingerprint density at radius 1 is 1.33 bits per heavy atom. The third-order valence-electron chi connectivity index (χ3n) is 3.01. The van der Waals surface area contributed by atoms with Gasteiger partial charge >= 0.3 is 0 Å². The van der Waals surface area contributed by atoms with Crippen LogP contribution in [0.2, 0.25) is 0 Å². The summed E-state index contributed by atoms with van der Waals surface area (Å²) in [6, 6.07) is 8.50. The van der Waals surface area contributed by atoms with Crippen LogP contribution in [0.3, 0.4) is 0 Å². The van der Waals surface area contributed by atoms with E-state index in [1.807, 2.05) is 10.9 Å². The fourth-order valence-corrected chi connectivity index (χ4v) is 2.32. The van der Waals surface area contributed by atoms with Crippen LogP contribution < -0.4 is 5.73 Å². The highest BCUT2D eigenvalue weighted by atomic mass is 32.2. The highest BCUT2D eigenvalue weighted by molar-refractivity contribution is 7.98. The minimum absolute atomic E-state index is 0.0374. The molecule has 0 saturated carbocycles. The zero-order valence-electron chi connectivity index (χ0n) is 10.8. The molecule has 18 heavy (non-hydrogen) atoms. The minimum Gasteiger partial charge on any atom is -0.324 e. The van der Waals surface area contributed by atoms with E-state index in [0.717, 1.165) is 13.0 Å². The topological polar surface area (TPSA) is 43.8 Å². The van der Waals surface area contributed by atoms with Gasteiger partial charge in [-0.1, -0.05) is 12.1 Å². The molecule has 0 bridgehead atoms. The van der Waals surface area contributed by atoms with Crippen LogP contribution in [-0.4, -0.2) is 16.0 Å². The van der Waals surface area contributed by atoms with Crippen LogP contribution in [0.25, 0.3) is 0 Å². The average Bonchev–Trinajstić information content (AvgIpc) is 2.86. The SMILES string of the molecule is CCn1cc(CC(N)c2ccc(SC)cc2)cn1. The molecule has 0 amide bonds. The number of hydrogen-bond acceptors (Lipinski definition) is 3. The Morgan fingerprint density at radius 3 is 2.61 bits per heavy atom. The molecule has 2 aromatic rings. The molecule has 1 heterocycles. The zero-order valence-corrected chi connectivity index (χ0v) is 11.7. The summed E-state index contributed by atoms with van der Waals surface area (Å²) in [5, 5.41) is 4.27. The largest absolute Gasteiger partial charge is 0.324 e. The number of aryl methyl sites for hydroxylation is 1. The highest BCUT2D eigenvalue weighted by Crippen LogP contribution is 2.20. The molecule has 0 fully saturated rings. The standard InChI is InChI=1S/C14H19N3S/c1-3-17-10-11(9-16-17)8-14(15)12-4-6-13(18-2)7-5-12/h4-7,9-10,14H,3,8,15H2,1-2H3. The molecule has 3 nitrogen and oxygen atoms in total. The Morgan fingerprint density at radius 2 is 2.06 bits per heavy atom. The fraction of sp³-hybridized carbons (Fsp3) is 0.357. The Balaban J connectivity index is 2.03. The van der Waals surface area contributed by atoms with Crippen LogP contribution in [0.1, 0.15) is 24.1 Å². The summed E-state index contributed by atoms with van der Waals surface area (Å²) in [5.41, 5.74) is 8.60. The first-order valence-corrected chi connectivity index (χ1v) is 7.36. The van der Waals surface area contributed by atoms with Gasteiger partial charge in [-0.25, -0.2) is 0 Å². The summed E-state index contributed by atoms with van der Waals surface area (Å²) < 4.78 is 1.93. The first-order valence-electron chi connectivity index (χ1n) is 6.13. The van der Waals surface area contributed by atoms with Gasteiger partial charge in [0.1, 0.15) is 0 Å². The van der Waals surface area contributed by atoms with Gasteiger partial charge in [0.15, 0.2) is 0 Å². The molecule has 96 valence electrons. The number of rotatable bonds is 5. The highest BCUT2D eigenvalue weighted by Gasteiger charge is 2.08. The van der Waals surface area contributed by atoms with E-state index in [2.05, 4.69) is 48.7 Å². The monoisotopic (exact) mass is 261 g/mol. The molecule has 1 atom stereocenters. The van der Waals surface area contributed by atoms with E-state index >= 15 is 0 Å². The maximum Gasteiger partial charge on any atom is 0.0522 e. The fourth-order valence-electron chi connectivity index (χ4n) is 1.91. The maximum absolute atomic E-state index is 6.23. The van der Waals surface area contributed by atoms with E-state index in [-0.39, 0.29) is 6.04 Å². The molecule has 1 aromatic heterocycles. The molecule has 0 aliphatic heterocycles. The number of thioether (sulfide) groups is 1. The van der Waals surface area contributed by atoms with E-state index in [1.54, 1.807) is 11.8 Å². The Bertz CT molecular complexity index is 490. The summed E-state index contributed by atoms with van der Waals surface area (Å²) >= 11 is 1.75. The van der Waals surface area contributed by atoms with Gasteiger partial charge in [-0.3, -0.25) is 4.68 Å². The summed E-state index contributed by atoms with van der Waals surface area (Å²) in [5.74, 6) is 0. The van der Waals surface area contributed by atoms with Gasteiger partial charge in [-0.15, -0.1) is 11.8 Å². The normalized spacial score (nSPS) is 12.6. The molecule has 1 unspecified atom stereocenters. The van der Waals surface area contributed by atoms with Gasteiger partial charge < -0.3 is 5.73 Å². The number of hydrogen-bond donors (Lipinski definition) is 1. The van der Waals surface area contributed by atoms with E-state index in [4.69, 9.17) is 5.73 Å². The molecule has 2 rings (SSSR count). The molecule has 2 N–H and O–H groups in total. The predicted molar refractivity (Wildman–Crippen MR) is 76.8 cm³/mol. The second kappa shape index (κ2) is 6.07. The lowest BCUT2D eigenvalue weighted by Crippen LogP contribution is -2.12. The van der Waals surface area contributed by atoms with Crippen molar-refractivity contribution in [2.24, 2.45) is 5.73 Å². The van der Waals surface area contributed by atoms with Crippen molar-refractivity contribution in [3.63, 3.8) is 0 Å². The third-order valence-corrected chi connectivity index (χ3v) is 3.75. The summed E-state index contributed by atoms with van der Waals surface area (Å²) in [4.78, 5) is 1.27. The van der Waals surface area contributed by atoms with Gasteiger partial charge in [0.25, 0.3) is 0 Å². The maximum atomic E-state index is 6.23. The van der Waals surface area contributed by atoms with Crippen molar-refractivity contribution in [1.82, 2.24) is 9.78 Å². The van der Waals surface area contributed by atoms with Crippen molar-refractivity contribution < 1.29 is 0 Å². The molecule has 0 spiro atoms.